The van der Waals surface area contributed by atoms with Crippen LogP contribution >= 0.6 is 11.6 Å². The van der Waals surface area contributed by atoms with Crippen molar-refractivity contribution in [3.63, 3.8) is 0 Å². The fraction of sp³-hybridized carbons (Fsp3) is 0.143. The van der Waals surface area contributed by atoms with Crippen LogP contribution in [0.4, 0.5) is 11.4 Å². The molecule has 3 rings (SSSR count). The smallest absolute Gasteiger partial charge is 0.247 e. The highest BCUT2D eigenvalue weighted by Gasteiger charge is 2.26. The van der Waals surface area contributed by atoms with E-state index in [1.807, 2.05) is 24.3 Å². The van der Waals surface area contributed by atoms with Crippen molar-refractivity contribution in [2.75, 3.05) is 10.6 Å². The SMILES string of the molecule is O=C(Nc1cccnc1Cl)[C@@H]1Cc2ccccc2N1. The van der Waals surface area contributed by atoms with Crippen molar-refractivity contribution in [2.24, 2.45) is 0 Å². The summed E-state index contributed by atoms with van der Waals surface area (Å²) in [6.45, 7) is 0. The summed E-state index contributed by atoms with van der Waals surface area (Å²) in [4.78, 5) is 16.1. The Morgan fingerprint density at radius 1 is 1.32 bits per heavy atom. The van der Waals surface area contributed by atoms with E-state index >= 15 is 0 Å². The van der Waals surface area contributed by atoms with E-state index in [-0.39, 0.29) is 11.9 Å². The number of amides is 1. The molecule has 1 aliphatic rings. The first-order valence-electron chi connectivity index (χ1n) is 6.00. The van der Waals surface area contributed by atoms with E-state index in [9.17, 15) is 4.79 Å². The van der Waals surface area contributed by atoms with Gasteiger partial charge in [-0.05, 0) is 23.8 Å². The molecule has 0 saturated carbocycles. The third-order valence-electron chi connectivity index (χ3n) is 3.10. The number of carbonyl (C=O) groups is 1. The van der Waals surface area contributed by atoms with Crippen LogP contribution in [0.2, 0.25) is 5.15 Å². The molecule has 1 amide bonds. The Hall–Kier alpha value is -2.07. The fourth-order valence-corrected chi connectivity index (χ4v) is 2.32. The third-order valence-corrected chi connectivity index (χ3v) is 3.41. The van der Waals surface area contributed by atoms with E-state index in [4.69, 9.17) is 11.6 Å². The highest BCUT2D eigenvalue weighted by Crippen LogP contribution is 2.26. The van der Waals surface area contributed by atoms with Gasteiger partial charge < -0.3 is 10.6 Å². The Labute approximate surface area is 115 Å². The lowest BCUT2D eigenvalue weighted by Crippen LogP contribution is -2.32. The first-order chi connectivity index (χ1) is 9.24. The van der Waals surface area contributed by atoms with Gasteiger partial charge in [-0.25, -0.2) is 4.98 Å². The molecular formula is C14H12ClN3O. The molecular weight excluding hydrogens is 262 g/mol. The minimum absolute atomic E-state index is 0.105. The maximum atomic E-state index is 12.2. The number of nitrogens with one attached hydrogen (secondary N) is 2. The van der Waals surface area contributed by atoms with Gasteiger partial charge in [0.2, 0.25) is 5.91 Å². The van der Waals surface area contributed by atoms with Crippen molar-refractivity contribution in [3.05, 3.63) is 53.3 Å². The monoisotopic (exact) mass is 273 g/mol. The minimum Gasteiger partial charge on any atom is -0.373 e. The Bertz CT molecular complexity index is 605. The number of hydrogen-bond acceptors (Lipinski definition) is 3. The number of aromatic nitrogens is 1. The number of halogens is 1. The number of hydrogen-bond donors (Lipinski definition) is 2. The summed E-state index contributed by atoms with van der Waals surface area (Å²) in [6.07, 6.45) is 2.27. The Balaban J connectivity index is 1.72. The number of fused-ring (bicyclic) bond motifs is 1. The summed E-state index contributed by atoms with van der Waals surface area (Å²) in [5, 5.41) is 6.29. The molecule has 2 aromatic rings. The van der Waals surface area contributed by atoms with Gasteiger partial charge in [0.05, 0.1) is 5.69 Å². The molecule has 0 fully saturated rings. The van der Waals surface area contributed by atoms with Crippen LogP contribution in [0.25, 0.3) is 0 Å². The second-order valence-corrected chi connectivity index (χ2v) is 4.75. The Morgan fingerprint density at radius 2 is 2.16 bits per heavy atom. The van der Waals surface area contributed by atoms with Crippen LogP contribution in [0, 0.1) is 0 Å². The topological polar surface area (TPSA) is 54.0 Å². The minimum atomic E-state index is -0.270. The molecule has 2 N–H and O–H groups in total. The average Bonchev–Trinajstić information content (AvgIpc) is 2.85. The van der Waals surface area contributed by atoms with Crippen LogP contribution in [-0.2, 0) is 11.2 Å². The van der Waals surface area contributed by atoms with Gasteiger partial charge in [-0.3, -0.25) is 4.79 Å². The molecule has 2 heterocycles. The predicted molar refractivity (Wildman–Crippen MR) is 75.4 cm³/mol. The zero-order valence-electron chi connectivity index (χ0n) is 10.1. The van der Waals surface area contributed by atoms with E-state index in [2.05, 4.69) is 15.6 Å². The van der Waals surface area contributed by atoms with E-state index in [1.165, 1.54) is 0 Å². The molecule has 96 valence electrons. The number of rotatable bonds is 2. The number of anilines is 2. The quantitative estimate of drug-likeness (QED) is 0.827. The molecule has 0 unspecified atom stereocenters. The van der Waals surface area contributed by atoms with E-state index in [0.29, 0.717) is 17.3 Å². The second kappa shape index (κ2) is 4.90. The zero-order valence-corrected chi connectivity index (χ0v) is 10.8. The Kier molecular flexibility index (Phi) is 3.09. The van der Waals surface area contributed by atoms with Crippen molar-refractivity contribution in [2.45, 2.75) is 12.5 Å². The van der Waals surface area contributed by atoms with Gasteiger partial charge in [0, 0.05) is 18.3 Å². The maximum Gasteiger partial charge on any atom is 0.247 e. The standard InChI is InChI=1S/C14H12ClN3O/c15-13-11(6-3-7-16-13)18-14(19)12-8-9-4-1-2-5-10(9)17-12/h1-7,12,17H,8H2,(H,18,19)/t12-/m0/s1. The number of benzene rings is 1. The van der Waals surface area contributed by atoms with Gasteiger partial charge >= 0.3 is 0 Å². The van der Waals surface area contributed by atoms with E-state index in [0.717, 1.165) is 11.3 Å². The van der Waals surface area contributed by atoms with E-state index in [1.54, 1.807) is 18.3 Å². The molecule has 5 heteroatoms. The molecule has 1 atom stereocenters. The average molecular weight is 274 g/mol. The number of carbonyl (C=O) groups excluding carboxylic acids is 1. The first kappa shape index (κ1) is 12.0. The van der Waals surface area contributed by atoms with Crippen LogP contribution in [0.1, 0.15) is 5.56 Å². The predicted octanol–water partition coefficient (Wildman–Crippen LogP) is 2.71. The summed E-state index contributed by atoms with van der Waals surface area (Å²) in [7, 11) is 0. The van der Waals surface area contributed by atoms with Gasteiger partial charge in [0.1, 0.15) is 6.04 Å². The lowest BCUT2D eigenvalue weighted by atomic mass is 10.1. The number of para-hydroxylation sites is 1. The molecule has 0 radical (unpaired) electrons. The van der Waals surface area contributed by atoms with Crippen molar-refractivity contribution in [1.82, 2.24) is 4.98 Å². The highest BCUT2D eigenvalue weighted by molar-refractivity contribution is 6.32. The van der Waals surface area contributed by atoms with Gasteiger partial charge in [0.15, 0.2) is 5.15 Å². The largest absolute Gasteiger partial charge is 0.373 e. The fourth-order valence-electron chi connectivity index (χ4n) is 2.16. The molecule has 19 heavy (non-hydrogen) atoms. The van der Waals surface area contributed by atoms with Crippen LogP contribution in [0.5, 0.6) is 0 Å². The first-order valence-corrected chi connectivity index (χ1v) is 6.37. The maximum absolute atomic E-state index is 12.2. The van der Waals surface area contributed by atoms with Crippen LogP contribution < -0.4 is 10.6 Å². The van der Waals surface area contributed by atoms with Gasteiger partial charge in [0.25, 0.3) is 0 Å². The van der Waals surface area contributed by atoms with Crippen LogP contribution in [0.15, 0.2) is 42.6 Å². The van der Waals surface area contributed by atoms with Gasteiger partial charge in [-0.2, -0.15) is 0 Å². The molecule has 0 saturated heterocycles. The summed E-state index contributed by atoms with van der Waals surface area (Å²) >= 11 is 5.92. The normalized spacial score (nSPS) is 16.6. The second-order valence-electron chi connectivity index (χ2n) is 4.39. The van der Waals surface area contributed by atoms with Gasteiger partial charge in [-0.1, -0.05) is 29.8 Å². The lowest BCUT2D eigenvalue weighted by Gasteiger charge is -2.12. The molecule has 1 aromatic heterocycles. The van der Waals surface area contributed by atoms with Crippen molar-refractivity contribution >= 4 is 28.9 Å². The van der Waals surface area contributed by atoms with Crippen molar-refractivity contribution in [3.8, 4) is 0 Å². The highest BCUT2D eigenvalue weighted by atomic mass is 35.5. The summed E-state index contributed by atoms with van der Waals surface area (Å²) in [6, 6.07) is 11.1. The van der Waals surface area contributed by atoms with Crippen LogP contribution in [-0.4, -0.2) is 16.9 Å². The summed E-state index contributed by atoms with van der Waals surface area (Å²) in [5.74, 6) is -0.105. The van der Waals surface area contributed by atoms with Crippen molar-refractivity contribution in [1.29, 1.82) is 0 Å². The van der Waals surface area contributed by atoms with Gasteiger partial charge in [-0.15, -0.1) is 0 Å². The zero-order chi connectivity index (χ0) is 13.2. The van der Waals surface area contributed by atoms with Crippen LogP contribution in [0.3, 0.4) is 0 Å². The Morgan fingerprint density at radius 3 is 2.95 bits per heavy atom. The number of nitrogens with zero attached hydrogens (tertiary/aromatic N) is 1. The molecule has 0 aliphatic carbocycles. The van der Waals surface area contributed by atoms with E-state index < -0.39 is 0 Å². The summed E-state index contributed by atoms with van der Waals surface area (Å²) in [5.41, 5.74) is 2.70. The molecule has 1 aliphatic heterocycles. The summed E-state index contributed by atoms with van der Waals surface area (Å²) < 4.78 is 0. The molecule has 4 nitrogen and oxygen atoms in total. The molecule has 0 spiro atoms. The molecule has 0 bridgehead atoms. The number of pyridine rings is 1. The third kappa shape index (κ3) is 2.39. The molecule has 1 aromatic carbocycles. The lowest BCUT2D eigenvalue weighted by molar-refractivity contribution is -0.116. The van der Waals surface area contributed by atoms with Crippen molar-refractivity contribution < 1.29 is 4.79 Å².